The Labute approximate surface area is 164 Å². The van der Waals surface area contributed by atoms with Crippen molar-refractivity contribution in [3.63, 3.8) is 0 Å². The SMILES string of the molecule is CC(=O)c1ccccc1C(O)CC(F)(F)C(F)(F)C(F)(F)C(F)(F)C(F)(F)C(F)(F)F. The molecule has 1 aromatic rings. The lowest BCUT2D eigenvalue weighted by Crippen LogP contribution is -2.70. The summed E-state index contributed by atoms with van der Waals surface area (Å²) in [6.45, 7) is 0.826. The van der Waals surface area contributed by atoms with E-state index in [0.717, 1.165) is 25.1 Å². The summed E-state index contributed by atoms with van der Waals surface area (Å²) in [6, 6.07) is 3.70. The highest BCUT2D eigenvalue weighted by molar-refractivity contribution is 5.95. The molecule has 0 aromatic heterocycles. The predicted octanol–water partition coefficient (Wildman–Crippen LogP) is 6.05. The topological polar surface area (TPSA) is 37.3 Å². The smallest absolute Gasteiger partial charge is 0.388 e. The van der Waals surface area contributed by atoms with Crippen molar-refractivity contribution < 1.29 is 67.0 Å². The molecule has 0 aliphatic heterocycles. The van der Waals surface area contributed by atoms with E-state index in [1.165, 1.54) is 0 Å². The highest BCUT2D eigenvalue weighted by Gasteiger charge is 2.90. The zero-order valence-corrected chi connectivity index (χ0v) is 14.9. The minimum atomic E-state index is -8.01. The van der Waals surface area contributed by atoms with Gasteiger partial charge in [0, 0.05) is 12.0 Å². The largest absolute Gasteiger partial charge is 0.460 e. The third-order valence-electron chi connectivity index (χ3n) is 4.15. The highest BCUT2D eigenvalue weighted by atomic mass is 19.4. The van der Waals surface area contributed by atoms with Gasteiger partial charge in [-0.2, -0.15) is 57.1 Å². The van der Waals surface area contributed by atoms with Crippen molar-refractivity contribution in [1.82, 2.24) is 0 Å². The van der Waals surface area contributed by atoms with E-state index in [2.05, 4.69) is 0 Å². The van der Waals surface area contributed by atoms with Gasteiger partial charge in [0.25, 0.3) is 0 Å². The van der Waals surface area contributed by atoms with Gasteiger partial charge in [-0.15, -0.1) is 0 Å². The number of alkyl halides is 13. The number of Topliss-reactive ketones (excluding diaryl/α,β-unsaturated/α-hetero) is 1. The number of carbonyl (C=O) groups is 1. The van der Waals surface area contributed by atoms with Crippen molar-refractivity contribution in [1.29, 1.82) is 0 Å². The monoisotopic (exact) mass is 482 g/mol. The lowest BCUT2D eigenvalue weighted by Gasteiger charge is -2.40. The number of carbonyl (C=O) groups excluding carboxylic acids is 1. The van der Waals surface area contributed by atoms with Crippen molar-refractivity contribution in [2.45, 2.75) is 55.2 Å². The molecule has 0 heterocycles. The Balaban J connectivity index is 3.42. The first kappa shape index (κ1) is 27.0. The van der Waals surface area contributed by atoms with Gasteiger partial charge in [0.1, 0.15) is 0 Å². The van der Waals surface area contributed by atoms with Gasteiger partial charge >= 0.3 is 35.8 Å². The minimum absolute atomic E-state index is 0.560. The van der Waals surface area contributed by atoms with Crippen LogP contribution in [-0.4, -0.2) is 46.7 Å². The molecule has 0 saturated carbocycles. The summed E-state index contributed by atoms with van der Waals surface area (Å²) in [5, 5.41) is 9.68. The number of aliphatic hydroxyl groups excluding tert-OH is 1. The molecule has 1 atom stereocenters. The van der Waals surface area contributed by atoms with E-state index in [-0.39, 0.29) is 0 Å². The second kappa shape index (κ2) is 7.81. The molecule has 0 radical (unpaired) electrons. The maximum absolute atomic E-state index is 13.8. The van der Waals surface area contributed by atoms with Crippen LogP contribution in [0.15, 0.2) is 24.3 Å². The molecule has 178 valence electrons. The molecule has 0 bridgehead atoms. The number of benzene rings is 1. The summed E-state index contributed by atoms with van der Waals surface area (Å²) >= 11 is 0. The van der Waals surface area contributed by atoms with Gasteiger partial charge in [-0.25, -0.2) is 0 Å². The normalized spacial score (nSPS) is 15.7. The predicted molar refractivity (Wildman–Crippen MR) is 76.8 cm³/mol. The summed E-state index contributed by atoms with van der Waals surface area (Å²) < 4.78 is 170. The molecule has 0 aliphatic carbocycles. The molecule has 1 N–H and O–H groups in total. The van der Waals surface area contributed by atoms with Gasteiger partial charge in [0.05, 0.1) is 6.10 Å². The van der Waals surface area contributed by atoms with Crippen molar-refractivity contribution in [3.8, 4) is 0 Å². The summed E-state index contributed by atoms with van der Waals surface area (Å²) in [7, 11) is 0. The first-order valence-electron chi connectivity index (χ1n) is 7.80. The van der Waals surface area contributed by atoms with Crippen LogP contribution >= 0.6 is 0 Å². The fourth-order valence-electron chi connectivity index (χ4n) is 2.39. The molecule has 0 amide bonds. The molecule has 1 unspecified atom stereocenters. The van der Waals surface area contributed by atoms with Gasteiger partial charge < -0.3 is 5.11 Å². The van der Waals surface area contributed by atoms with Crippen LogP contribution in [0, 0.1) is 0 Å². The van der Waals surface area contributed by atoms with Crippen LogP contribution in [0.5, 0.6) is 0 Å². The van der Waals surface area contributed by atoms with Crippen molar-refractivity contribution >= 4 is 5.78 Å². The minimum Gasteiger partial charge on any atom is -0.388 e. The highest BCUT2D eigenvalue weighted by Crippen LogP contribution is 2.61. The fraction of sp³-hybridized carbons (Fsp3) is 0.562. The zero-order valence-electron chi connectivity index (χ0n) is 14.9. The number of rotatable bonds is 8. The molecule has 0 saturated heterocycles. The van der Waals surface area contributed by atoms with Crippen molar-refractivity contribution in [3.05, 3.63) is 35.4 Å². The lowest BCUT2D eigenvalue weighted by atomic mass is 9.89. The number of halogens is 13. The molecular weight excluding hydrogens is 471 g/mol. The number of hydrogen-bond acceptors (Lipinski definition) is 2. The standard InChI is InChI=1S/C16H11F13O2/c1-7(30)8-4-2-3-5-9(8)10(31)6-11(17,18)12(19,20)13(21,22)14(23,24)15(25,26)16(27,28)29/h2-5,10,31H,6H2,1H3. The third-order valence-corrected chi connectivity index (χ3v) is 4.15. The maximum atomic E-state index is 13.8. The van der Waals surface area contributed by atoms with E-state index in [4.69, 9.17) is 0 Å². The molecular formula is C16H11F13O2. The molecule has 1 rings (SSSR count). The second-order valence-corrected chi connectivity index (χ2v) is 6.36. The molecule has 0 spiro atoms. The first-order valence-corrected chi connectivity index (χ1v) is 7.80. The Hall–Kier alpha value is -2.06. The number of hydrogen-bond donors (Lipinski definition) is 1. The molecule has 31 heavy (non-hydrogen) atoms. The summed E-state index contributed by atoms with van der Waals surface area (Å²) in [5.74, 6) is -38.6. The van der Waals surface area contributed by atoms with Crippen LogP contribution in [0.2, 0.25) is 0 Å². The van der Waals surface area contributed by atoms with Crippen molar-refractivity contribution in [2.75, 3.05) is 0 Å². The van der Waals surface area contributed by atoms with Gasteiger partial charge in [-0.1, -0.05) is 24.3 Å². The van der Waals surface area contributed by atoms with E-state index in [0.29, 0.717) is 6.07 Å². The van der Waals surface area contributed by atoms with Crippen LogP contribution in [0.4, 0.5) is 57.1 Å². The Bertz CT molecular complexity index is 814. The number of aliphatic hydroxyl groups is 1. The van der Waals surface area contributed by atoms with Crippen LogP contribution in [0.1, 0.15) is 35.4 Å². The molecule has 0 aliphatic rings. The van der Waals surface area contributed by atoms with Gasteiger partial charge in [0.15, 0.2) is 5.78 Å². The zero-order chi connectivity index (χ0) is 24.8. The summed E-state index contributed by atoms with van der Waals surface area (Å²) in [5.41, 5.74) is -1.39. The Morgan fingerprint density at radius 3 is 1.61 bits per heavy atom. The van der Waals surface area contributed by atoms with Crippen LogP contribution in [-0.2, 0) is 0 Å². The average molecular weight is 482 g/mol. The van der Waals surface area contributed by atoms with Gasteiger partial charge in [-0.05, 0) is 12.5 Å². The lowest BCUT2D eigenvalue weighted by molar-refractivity contribution is -0.440. The van der Waals surface area contributed by atoms with Crippen molar-refractivity contribution in [2.24, 2.45) is 0 Å². The summed E-state index contributed by atoms with van der Waals surface area (Å²) in [6.07, 6.45) is -13.2. The first-order chi connectivity index (χ1) is 13.6. The van der Waals surface area contributed by atoms with Crippen LogP contribution in [0.3, 0.4) is 0 Å². The average Bonchev–Trinajstić information content (AvgIpc) is 2.59. The van der Waals surface area contributed by atoms with E-state index in [1.807, 2.05) is 0 Å². The Morgan fingerprint density at radius 1 is 0.774 bits per heavy atom. The molecule has 15 heteroatoms. The Morgan fingerprint density at radius 2 is 1.19 bits per heavy atom. The molecule has 1 aromatic carbocycles. The van der Waals surface area contributed by atoms with Crippen LogP contribution < -0.4 is 0 Å². The molecule has 2 nitrogen and oxygen atoms in total. The van der Waals surface area contributed by atoms with Gasteiger partial charge in [0.2, 0.25) is 0 Å². The van der Waals surface area contributed by atoms with E-state index in [9.17, 15) is 67.0 Å². The Kier molecular flexibility index (Phi) is 6.80. The second-order valence-electron chi connectivity index (χ2n) is 6.36. The number of ketones is 1. The third kappa shape index (κ3) is 4.20. The van der Waals surface area contributed by atoms with E-state index >= 15 is 0 Å². The maximum Gasteiger partial charge on any atom is 0.460 e. The van der Waals surface area contributed by atoms with Crippen LogP contribution in [0.25, 0.3) is 0 Å². The van der Waals surface area contributed by atoms with E-state index in [1.54, 1.807) is 0 Å². The van der Waals surface area contributed by atoms with E-state index < -0.39 is 65.2 Å². The fourth-order valence-corrected chi connectivity index (χ4v) is 2.39. The van der Waals surface area contributed by atoms with Gasteiger partial charge in [-0.3, -0.25) is 4.79 Å². The summed E-state index contributed by atoms with van der Waals surface area (Å²) in [4.78, 5) is 11.4. The quantitative estimate of drug-likeness (QED) is 0.362. The molecule has 0 fully saturated rings.